The van der Waals surface area contributed by atoms with Crippen LogP contribution in [0.15, 0.2) is 6.07 Å². The van der Waals surface area contributed by atoms with Crippen LogP contribution in [0.4, 0.5) is 8.78 Å². The van der Waals surface area contributed by atoms with Crippen molar-refractivity contribution in [3.05, 3.63) is 28.3 Å². The lowest BCUT2D eigenvalue weighted by atomic mass is 9.95. The van der Waals surface area contributed by atoms with Gasteiger partial charge < -0.3 is 10.5 Å². The van der Waals surface area contributed by atoms with Gasteiger partial charge in [0.2, 0.25) is 0 Å². The fourth-order valence-corrected chi connectivity index (χ4v) is 1.86. The summed E-state index contributed by atoms with van der Waals surface area (Å²) in [4.78, 5) is 0. The third-order valence-corrected chi connectivity index (χ3v) is 2.81. The molecule has 0 aliphatic rings. The minimum atomic E-state index is -3.05. The maximum atomic E-state index is 13.7. The molecule has 90 valence electrons. The number of hydrogen-bond donors (Lipinski definition) is 1. The topological polar surface area (TPSA) is 35.2 Å². The summed E-state index contributed by atoms with van der Waals surface area (Å²) in [6, 6.07) is 1.73. The zero-order valence-corrected chi connectivity index (χ0v) is 10.0. The molecule has 2 N–H and O–H groups in total. The van der Waals surface area contributed by atoms with E-state index in [4.69, 9.17) is 10.5 Å². The van der Waals surface area contributed by atoms with Gasteiger partial charge in [-0.3, -0.25) is 0 Å². The first-order valence-electron chi connectivity index (χ1n) is 5.08. The summed E-state index contributed by atoms with van der Waals surface area (Å²) in [6.07, 6.45) is 0. The molecule has 1 rings (SSSR count). The van der Waals surface area contributed by atoms with Gasteiger partial charge >= 0.3 is 0 Å². The van der Waals surface area contributed by atoms with Crippen molar-refractivity contribution in [2.45, 2.75) is 26.7 Å². The van der Waals surface area contributed by atoms with E-state index < -0.39 is 12.5 Å². The van der Waals surface area contributed by atoms with E-state index in [1.165, 1.54) is 7.11 Å². The van der Waals surface area contributed by atoms with Gasteiger partial charge in [-0.05, 0) is 37.5 Å². The average Bonchev–Trinajstić information content (AvgIpc) is 2.22. The molecule has 4 heteroatoms. The van der Waals surface area contributed by atoms with Gasteiger partial charge in [-0.25, -0.2) is 0 Å². The molecule has 16 heavy (non-hydrogen) atoms. The molecule has 0 fully saturated rings. The molecular weight excluding hydrogens is 212 g/mol. The Balaban J connectivity index is 3.55. The lowest BCUT2D eigenvalue weighted by Crippen LogP contribution is -2.27. The second-order valence-electron chi connectivity index (χ2n) is 3.95. The van der Waals surface area contributed by atoms with Gasteiger partial charge in [-0.2, -0.15) is 8.78 Å². The molecule has 0 saturated heterocycles. The molecule has 0 saturated carbocycles. The van der Waals surface area contributed by atoms with Crippen LogP contribution in [-0.2, 0) is 5.92 Å². The molecule has 0 aliphatic carbocycles. The Morgan fingerprint density at radius 1 is 1.25 bits per heavy atom. The second-order valence-corrected chi connectivity index (χ2v) is 3.95. The van der Waals surface area contributed by atoms with Crippen LogP contribution in [0, 0.1) is 20.8 Å². The highest BCUT2D eigenvalue weighted by atomic mass is 19.3. The molecule has 0 unspecified atom stereocenters. The first-order valence-corrected chi connectivity index (χ1v) is 5.08. The Labute approximate surface area is 94.4 Å². The van der Waals surface area contributed by atoms with Crippen molar-refractivity contribution < 1.29 is 13.5 Å². The monoisotopic (exact) mass is 229 g/mol. The van der Waals surface area contributed by atoms with Crippen LogP contribution in [0.1, 0.15) is 22.3 Å². The Morgan fingerprint density at radius 2 is 1.81 bits per heavy atom. The van der Waals surface area contributed by atoms with E-state index in [0.29, 0.717) is 5.56 Å². The minimum Gasteiger partial charge on any atom is -0.496 e. The van der Waals surface area contributed by atoms with Crippen LogP contribution < -0.4 is 10.5 Å². The summed E-state index contributed by atoms with van der Waals surface area (Å²) in [5, 5.41) is 0. The van der Waals surface area contributed by atoms with Gasteiger partial charge in [0.1, 0.15) is 5.75 Å². The number of hydrogen-bond acceptors (Lipinski definition) is 2. The zero-order valence-electron chi connectivity index (χ0n) is 10.0. The molecule has 0 amide bonds. The number of benzene rings is 1. The first kappa shape index (κ1) is 12.9. The van der Waals surface area contributed by atoms with Gasteiger partial charge in [0.05, 0.1) is 19.2 Å². The van der Waals surface area contributed by atoms with E-state index >= 15 is 0 Å². The summed E-state index contributed by atoms with van der Waals surface area (Å²) in [7, 11) is 1.40. The van der Waals surface area contributed by atoms with E-state index in [-0.39, 0.29) is 11.3 Å². The van der Waals surface area contributed by atoms with Crippen molar-refractivity contribution in [3.8, 4) is 5.75 Å². The highest BCUT2D eigenvalue weighted by Crippen LogP contribution is 2.39. The molecule has 0 spiro atoms. The third-order valence-electron chi connectivity index (χ3n) is 2.81. The van der Waals surface area contributed by atoms with Crippen molar-refractivity contribution in [2.24, 2.45) is 5.73 Å². The highest BCUT2D eigenvalue weighted by molar-refractivity contribution is 5.51. The Morgan fingerprint density at radius 3 is 2.25 bits per heavy atom. The van der Waals surface area contributed by atoms with E-state index in [2.05, 4.69) is 0 Å². The molecular formula is C12H17F2NO. The Kier molecular flexibility index (Phi) is 3.53. The lowest BCUT2D eigenvalue weighted by molar-refractivity contribution is 0.00295. The molecule has 0 heterocycles. The molecule has 1 aromatic carbocycles. The van der Waals surface area contributed by atoms with Crippen LogP contribution in [0.25, 0.3) is 0 Å². The summed E-state index contributed by atoms with van der Waals surface area (Å²) < 4.78 is 32.5. The van der Waals surface area contributed by atoms with Crippen molar-refractivity contribution in [3.63, 3.8) is 0 Å². The smallest absolute Gasteiger partial charge is 0.289 e. The maximum absolute atomic E-state index is 13.7. The Hall–Kier alpha value is -1.16. The predicted octanol–water partition coefficient (Wildman–Crippen LogP) is 2.67. The van der Waals surface area contributed by atoms with E-state index in [1.54, 1.807) is 19.9 Å². The van der Waals surface area contributed by atoms with Crippen molar-refractivity contribution in [1.29, 1.82) is 0 Å². The predicted molar refractivity (Wildman–Crippen MR) is 60.2 cm³/mol. The van der Waals surface area contributed by atoms with Gasteiger partial charge in [0, 0.05) is 0 Å². The summed E-state index contributed by atoms with van der Waals surface area (Å²) in [6.45, 7) is 4.57. The second kappa shape index (κ2) is 4.37. The van der Waals surface area contributed by atoms with Crippen LogP contribution in [0.2, 0.25) is 0 Å². The van der Waals surface area contributed by atoms with Crippen LogP contribution in [-0.4, -0.2) is 13.7 Å². The van der Waals surface area contributed by atoms with Gasteiger partial charge in [-0.15, -0.1) is 0 Å². The normalized spacial score (nSPS) is 11.7. The minimum absolute atomic E-state index is 0.0967. The molecule has 0 aromatic heterocycles. The third kappa shape index (κ3) is 2.02. The van der Waals surface area contributed by atoms with E-state index in [1.807, 2.05) is 6.92 Å². The fourth-order valence-electron chi connectivity index (χ4n) is 1.86. The summed E-state index contributed by atoms with van der Waals surface area (Å²) in [5.41, 5.74) is 7.19. The fraction of sp³-hybridized carbons (Fsp3) is 0.500. The molecule has 1 aromatic rings. The Bertz CT molecular complexity index is 402. The number of ether oxygens (including phenoxy) is 1. The zero-order chi connectivity index (χ0) is 12.5. The number of halogens is 2. The largest absolute Gasteiger partial charge is 0.496 e. The van der Waals surface area contributed by atoms with E-state index in [9.17, 15) is 8.78 Å². The molecule has 0 radical (unpaired) electrons. The number of methoxy groups -OCH3 is 1. The van der Waals surface area contributed by atoms with Crippen molar-refractivity contribution in [1.82, 2.24) is 0 Å². The quantitative estimate of drug-likeness (QED) is 0.864. The summed E-state index contributed by atoms with van der Waals surface area (Å²) >= 11 is 0. The first-order chi connectivity index (χ1) is 7.35. The lowest BCUT2D eigenvalue weighted by Gasteiger charge is -2.22. The molecule has 0 bridgehead atoms. The molecule has 0 atom stereocenters. The number of aryl methyl sites for hydroxylation is 2. The highest BCUT2D eigenvalue weighted by Gasteiger charge is 2.35. The van der Waals surface area contributed by atoms with Crippen LogP contribution in [0.3, 0.4) is 0 Å². The van der Waals surface area contributed by atoms with Gasteiger partial charge in [-0.1, -0.05) is 6.07 Å². The standard InChI is InChI=1S/C12H17F2NO/c1-7-5-8(2)10(12(13,14)6-15)11(16-4)9(7)3/h5H,6,15H2,1-4H3. The van der Waals surface area contributed by atoms with Crippen LogP contribution >= 0.6 is 0 Å². The van der Waals surface area contributed by atoms with Crippen LogP contribution in [0.5, 0.6) is 5.75 Å². The average molecular weight is 229 g/mol. The maximum Gasteiger partial charge on any atom is 0.289 e. The number of rotatable bonds is 3. The van der Waals surface area contributed by atoms with Crippen molar-refractivity contribution >= 4 is 0 Å². The molecule has 0 aliphatic heterocycles. The summed E-state index contributed by atoms with van der Waals surface area (Å²) in [5.74, 6) is -2.80. The molecule has 2 nitrogen and oxygen atoms in total. The van der Waals surface area contributed by atoms with Gasteiger partial charge in [0.15, 0.2) is 0 Å². The van der Waals surface area contributed by atoms with Crippen molar-refractivity contribution in [2.75, 3.05) is 13.7 Å². The van der Waals surface area contributed by atoms with E-state index in [0.717, 1.165) is 11.1 Å². The van der Waals surface area contributed by atoms with Gasteiger partial charge in [0.25, 0.3) is 5.92 Å². The number of alkyl halides is 2. The SMILES string of the molecule is COc1c(C)c(C)cc(C)c1C(F)(F)CN. The number of nitrogens with two attached hydrogens (primary N) is 1.